The van der Waals surface area contributed by atoms with Crippen molar-refractivity contribution in [3.05, 3.63) is 59.7 Å². The Labute approximate surface area is 173 Å². The molecule has 0 aliphatic carbocycles. The molecule has 0 aromatic heterocycles. The topological polar surface area (TPSA) is 141 Å². The Kier molecular flexibility index (Phi) is 8.01. The molecule has 154 valence electrons. The van der Waals surface area contributed by atoms with Crippen molar-refractivity contribution in [1.29, 1.82) is 5.41 Å². The smallest absolute Gasteiger partial charge is 0.343 e. The molecule has 0 aliphatic heterocycles. The van der Waals surface area contributed by atoms with Gasteiger partial charge < -0.3 is 20.9 Å². The molecule has 2 aromatic carbocycles. The SMILES string of the molecule is CC(C(=O)O)N(C)SNCc1ccc(OC(=O)c2ccc(NC(=N)N)cc2)cc1. The van der Waals surface area contributed by atoms with Crippen LogP contribution < -0.4 is 20.5 Å². The lowest BCUT2D eigenvalue weighted by Crippen LogP contribution is -2.32. The van der Waals surface area contributed by atoms with Crippen LogP contribution in [-0.2, 0) is 11.3 Å². The molecule has 0 bridgehead atoms. The third kappa shape index (κ3) is 7.11. The van der Waals surface area contributed by atoms with Crippen molar-refractivity contribution in [2.45, 2.75) is 19.5 Å². The fraction of sp³-hybridized carbons (Fsp3) is 0.211. The Morgan fingerprint density at radius 1 is 1.21 bits per heavy atom. The zero-order valence-electron chi connectivity index (χ0n) is 16.0. The molecule has 0 amide bonds. The van der Waals surface area contributed by atoms with E-state index in [2.05, 4.69) is 10.0 Å². The fourth-order valence-electron chi connectivity index (χ4n) is 2.14. The number of benzene rings is 2. The normalized spacial score (nSPS) is 11.7. The molecule has 1 unspecified atom stereocenters. The number of nitrogens with one attached hydrogen (secondary N) is 3. The minimum absolute atomic E-state index is 0.184. The van der Waals surface area contributed by atoms with Gasteiger partial charge in [-0.3, -0.25) is 10.2 Å². The van der Waals surface area contributed by atoms with Crippen LogP contribution in [0.25, 0.3) is 0 Å². The van der Waals surface area contributed by atoms with Gasteiger partial charge in [0, 0.05) is 24.4 Å². The second kappa shape index (κ2) is 10.5. The van der Waals surface area contributed by atoms with Gasteiger partial charge in [-0.1, -0.05) is 12.1 Å². The first kappa shape index (κ1) is 22.2. The highest BCUT2D eigenvalue weighted by molar-refractivity contribution is 7.95. The van der Waals surface area contributed by atoms with E-state index in [0.717, 1.165) is 5.56 Å². The number of nitrogens with two attached hydrogens (primary N) is 1. The van der Waals surface area contributed by atoms with Crippen LogP contribution in [0.15, 0.2) is 48.5 Å². The lowest BCUT2D eigenvalue weighted by molar-refractivity contribution is -0.140. The van der Waals surface area contributed by atoms with E-state index < -0.39 is 18.0 Å². The van der Waals surface area contributed by atoms with E-state index in [9.17, 15) is 9.59 Å². The molecule has 0 saturated carbocycles. The molecular formula is C19H23N5O4S. The minimum atomic E-state index is -0.891. The third-order valence-corrected chi connectivity index (χ3v) is 4.80. The Balaban J connectivity index is 1.84. The van der Waals surface area contributed by atoms with Crippen molar-refractivity contribution in [1.82, 2.24) is 9.03 Å². The van der Waals surface area contributed by atoms with Crippen molar-refractivity contribution in [3.8, 4) is 5.75 Å². The number of guanidine groups is 1. The molecule has 2 aromatic rings. The van der Waals surface area contributed by atoms with Gasteiger partial charge in [-0.15, -0.1) is 0 Å². The highest BCUT2D eigenvalue weighted by atomic mass is 32.2. The summed E-state index contributed by atoms with van der Waals surface area (Å²) in [6, 6.07) is 12.8. The Bertz CT molecular complexity index is 858. The Morgan fingerprint density at radius 3 is 2.38 bits per heavy atom. The number of ether oxygens (including phenoxy) is 1. The van der Waals surface area contributed by atoms with E-state index in [1.54, 1.807) is 54.7 Å². The average molecular weight is 417 g/mol. The van der Waals surface area contributed by atoms with Crippen LogP contribution in [0.2, 0.25) is 0 Å². The summed E-state index contributed by atoms with van der Waals surface area (Å²) in [6.45, 7) is 2.12. The van der Waals surface area contributed by atoms with E-state index >= 15 is 0 Å². The maximum atomic E-state index is 12.2. The highest BCUT2D eigenvalue weighted by Crippen LogP contribution is 2.17. The zero-order valence-corrected chi connectivity index (χ0v) is 16.8. The second-order valence-corrected chi connectivity index (χ2v) is 7.17. The van der Waals surface area contributed by atoms with Gasteiger partial charge in [0.2, 0.25) is 0 Å². The van der Waals surface area contributed by atoms with Crippen LogP contribution >= 0.6 is 12.1 Å². The van der Waals surface area contributed by atoms with E-state index in [0.29, 0.717) is 23.5 Å². The van der Waals surface area contributed by atoms with Gasteiger partial charge in [0.05, 0.1) is 5.56 Å². The third-order valence-electron chi connectivity index (χ3n) is 3.92. The summed E-state index contributed by atoms with van der Waals surface area (Å²) in [5, 5.41) is 18.8. The van der Waals surface area contributed by atoms with Crippen LogP contribution in [0.4, 0.5) is 5.69 Å². The van der Waals surface area contributed by atoms with Gasteiger partial charge in [-0.2, -0.15) is 0 Å². The number of carbonyl (C=O) groups excluding carboxylic acids is 1. The summed E-state index contributed by atoms with van der Waals surface area (Å²) < 4.78 is 10.0. The summed E-state index contributed by atoms with van der Waals surface area (Å²) in [6.07, 6.45) is 0. The lowest BCUT2D eigenvalue weighted by atomic mass is 10.2. The molecule has 10 heteroatoms. The fourth-order valence-corrected chi connectivity index (χ4v) is 2.82. The maximum absolute atomic E-state index is 12.2. The molecule has 0 saturated heterocycles. The number of carboxylic acids is 1. The molecular weight excluding hydrogens is 394 g/mol. The van der Waals surface area contributed by atoms with Crippen molar-refractivity contribution >= 4 is 35.7 Å². The van der Waals surface area contributed by atoms with Crippen LogP contribution in [0.1, 0.15) is 22.8 Å². The average Bonchev–Trinajstić information content (AvgIpc) is 2.68. The van der Waals surface area contributed by atoms with Gasteiger partial charge in [0.25, 0.3) is 0 Å². The zero-order chi connectivity index (χ0) is 21.4. The molecule has 9 nitrogen and oxygen atoms in total. The lowest BCUT2D eigenvalue weighted by Gasteiger charge is -2.19. The number of anilines is 1. The predicted octanol–water partition coefficient (Wildman–Crippen LogP) is 2.27. The number of nitrogens with zero attached hydrogens (tertiary/aromatic N) is 1. The molecule has 0 spiro atoms. The molecule has 0 aliphatic rings. The summed E-state index contributed by atoms with van der Waals surface area (Å²) in [4.78, 5) is 23.1. The number of esters is 1. The number of carboxylic acid groups (broad SMARTS) is 1. The van der Waals surface area contributed by atoms with Gasteiger partial charge in [0.1, 0.15) is 11.8 Å². The van der Waals surface area contributed by atoms with Gasteiger partial charge >= 0.3 is 11.9 Å². The van der Waals surface area contributed by atoms with Crippen molar-refractivity contribution in [3.63, 3.8) is 0 Å². The number of aliphatic carboxylic acids is 1. The second-order valence-electron chi connectivity index (χ2n) is 6.12. The largest absolute Gasteiger partial charge is 0.480 e. The van der Waals surface area contributed by atoms with Crippen molar-refractivity contribution in [2.24, 2.45) is 5.73 Å². The van der Waals surface area contributed by atoms with Gasteiger partial charge in [-0.05, 0) is 55.9 Å². The highest BCUT2D eigenvalue weighted by Gasteiger charge is 2.16. The summed E-state index contributed by atoms with van der Waals surface area (Å²) in [5.74, 6) is -1.16. The summed E-state index contributed by atoms with van der Waals surface area (Å²) >= 11 is 1.22. The minimum Gasteiger partial charge on any atom is -0.480 e. The standard InChI is InChI=1S/C19H23N5O4S/c1-12(17(25)26)24(2)29-22-11-13-3-9-16(10-4-13)28-18(27)14-5-7-15(8-6-14)23-19(20)21/h3-10,12,22H,11H2,1-2H3,(H,25,26)(H4,20,21,23). The molecule has 29 heavy (non-hydrogen) atoms. The summed E-state index contributed by atoms with van der Waals surface area (Å²) in [7, 11) is 1.70. The van der Waals surface area contributed by atoms with E-state index in [1.807, 2.05) is 12.1 Å². The molecule has 0 fully saturated rings. The quantitative estimate of drug-likeness (QED) is 0.137. The Hall–Kier alpha value is -3.08. The number of hydrogen-bond donors (Lipinski definition) is 5. The van der Waals surface area contributed by atoms with Crippen molar-refractivity contribution in [2.75, 3.05) is 12.4 Å². The van der Waals surface area contributed by atoms with E-state index in [1.165, 1.54) is 12.1 Å². The van der Waals surface area contributed by atoms with Crippen LogP contribution in [0.3, 0.4) is 0 Å². The monoisotopic (exact) mass is 417 g/mol. The number of carbonyl (C=O) groups is 2. The van der Waals surface area contributed by atoms with E-state index in [4.69, 9.17) is 21.0 Å². The van der Waals surface area contributed by atoms with Gasteiger partial charge in [0.15, 0.2) is 5.96 Å². The van der Waals surface area contributed by atoms with Crippen molar-refractivity contribution < 1.29 is 19.4 Å². The first-order chi connectivity index (χ1) is 13.8. The van der Waals surface area contributed by atoms with Crippen LogP contribution in [-0.4, -0.2) is 40.4 Å². The number of likely N-dealkylation sites (N-methyl/N-ethyl adjacent to an activating group) is 1. The molecule has 1 atom stereocenters. The molecule has 0 radical (unpaired) electrons. The maximum Gasteiger partial charge on any atom is 0.343 e. The summed E-state index contributed by atoms with van der Waals surface area (Å²) in [5.41, 5.74) is 7.18. The van der Waals surface area contributed by atoms with Crippen LogP contribution in [0, 0.1) is 5.41 Å². The van der Waals surface area contributed by atoms with Gasteiger partial charge in [-0.25, -0.2) is 13.8 Å². The number of rotatable bonds is 9. The molecule has 0 heterocycles. The van der Waals surface area contributed by atoms with Crippen LogP contribution in [0.5, 0.6) is 5.75 Å². The molecule has 6 N–H and O–H groups in total. The number of hydrogen-bond acceptors (Lipinski definition) is 7. The first-order valence-corrected chi connectivity index (χ1v) is 9.41. The first-order valence-electron chi connectivity index (χ1n) is 8.64. The van der Waals surface area contributed by atoms with E-state index in [-0.39, 0.29) is 5.96 Å². The molecule has 2 rings (SSSR count). The predicted molar refractivity (Wildman–Crippen MR) is 113 cm³/mol. The Morgan fingerprint density at radius 2 is 1.83 bits per heavy atom.